The number of aromatic carboxylic acids is 1. The molecule has 0 aromatic heterocycles. The predicted octanol–water partition coefficient (Wildman–Crippen LogP) is 3.17. The quantitative estimate of drug-likeness (QED) is 0.888. The molecule has 80 valence electrons. The van der Waals surface area contributed by atoms with E-state index in [1.165, 1.54) is 12.1 Å². The van der Waals surface area contributed by atoms with Crippen LogP contribution in [0.15, 0.2) is 29.8 Å². The third-order valence-electron chi connectivity index (χ3n) is 1.56. The van der Waals surface area contributed by atoms with Crippen LogP contribution in [0, 0.1) is 0 Å². The van der Waals surface area contributed by atoms with Gasteiger partial charge in [0.1, 0.15) is 17.9 Å². The highest BCUT2D eigenvalue weighted by Crippen LogP contribution is 2.23. The summed E-state index contributed by atoms with van der Waals surface area (Å²) < 4.78 is 5.14. The van der Waals surface area contributed by atoms with Crippen molar-refractivity contribution in [2.45, 2.75) is 0 Å². The Kier molecular flexibility index (Phi) is 4.00. The molecule has 0 saturated heterocycles. The van der Waals surface area contributed by atoms with E-state index in [1.54, 1.807) is 6.07 Å². The Labute approximate surface area is 96.9 Å². The van der Waals surface area contributed by atoms with E-state index in [4.69, 9.17) is 33.0 Å². The Balaban J connectivity index is 2.95. The van der Waals surface area contributed by atoms with Gasteiger partial charge in [-0.3, -0.25) is 0 Å². The number of carboxylic acid groups (broad SMARTS) is 1. The van der Waals surface area contributed by atoms with Crippen molar-refractivity contribution in [2.75, 3.05) is 6.61 Å². The number of hydrogen-bond acceptors (Lipinski definition) is 2. The molecule has 0 amide bonds. The highest BCUT2D eigenvalue weighted by Gasteiger charge is 2.11. The van der Waals surface area contributed by atoms with E-state index in [0.29, 0.717) is 10.1 Å². The summed E-state index contributed by atoms with van der Waals surface area (Å²) in [5.41, 5.74) is 0.000386. The Hall–Kier alpha value is -1.19. The molecule has 1 rings (SSSR count). The van der Waals surface area contributed by atoms with Crippen LogP contribution in [0.3, 0.4) is 0 Å². The lowest BCUT2D eigenvalue weighted by Crippen LogP contribution is -2.04. The number of benzene rings is 1. The van der Waals surface area contributed by atoms with E-state index in [9.17, 15) is 4.79 Å². The van der Waals surface area contributed by atoms with Gasteiger partial charge in [-0.2, -0.15) is 0 Å². The summed E-state index contributed by atoms with van der Waals surface area (Å²) in [6.45, 7) is 3.49. The molecule has 1 aromatic rings. The minimum Gasteiger partial charge on any atom is -0.487 e. The van der Waals surface area contributed by atoms with E-state index < -0.39 is 5.97 Å². The Bertz CT molecular complexity index is 402. The second kappa shape index (κ2) is 5.05. The molecule has 0 aliphatic rings. The molecule has 0 spiro atoms. The van der Waals surface area contributed by atoms with Crippen LogP contribution in [0.25, 0.3) is 0 Å². The summed E-state index contributed by atoms with van der Waals surface area (Å²) in [4.78, 5) is 10.8. The fourth-order valence-electron chi connectivity index (χ4n) is 0.951. The van der Waals surface area contributed by atoms with Crippen molar-refractivity contribution >= 4 is 29.2 Å². The van der Waals surface area contributed by atoms with Crippen molar-refractivity contribution in [1.82, 2.24) is 0 Å². The number of ether oxygens (including phenoxy) is 1. The summed E-state index contributed by atoms with van der Waals surface area (Å²) in [6, 6.07) is 4.34. The first kappa shape index (κ1) is 11.9. The standard InChI is InChI=1S/C10H8Cl2O3/c1-6(11)5-15-9-3-2-7(12)4-8(9)10(13)14/h2-4H,1,5H2,(H,13,14). The van der Waals surface area contributed by atoms with Gasteiger partial charge in [0.25, 0.3) is 0 Å². The maximum atomic E-state index is 10.8. The van der Waals surface area contributed by atoms with Crippen molar-refractivity contribution in [3.8, 4) is 5.75 Å². The van der Waals surface area contributed by atoms with Crippen LogP contribution in [-0.2, 0) is 0 Å². The van der Waals surface area contributed by atoms with Gasteiger partial charge in [0.05, 0.1) is 0 Å². The van der Waals surface area contributed by atoms with Gasteiger partial charge in [0.2, 0.25) is 0 Å². The monoisotopic (exact) mass is 246 g/mol. The number of carboxylic acids is 1. The zero-order valence-electron chi connectivity index (χ0n) is 7.67. The molecule has 0 aliphatic heterocycles. The van der Waals surface area contributed by atoms with Crippen LogP contribution in [0.5, 0.6) is 5.75 Å². The van der Waals surface area contributed by atoms with Gasteiger partial charge in [-0.05, 0) is 18.2 Å². The van der Waals surface area contributed by atoms with E-state index in [0.717, 1.165) is 0 Å². The van der Waals surface area contributed by atoms with Crippen molar-refractivity contribution in [3.05, 3.63) is 40.4 Å². The SMILES string of the molecule is C=C(Cl)COc1ccc(Cl)cc1C(=O)O. The molecule has 0 bridgehead atoms. The number of hydrogen-bond donors (Lipinski definition) is 1. The highest BCUT2D eigenvalue weighted by molar-refractivity contribution is 6.31. The lowest BCUT2D eigenvalue weighted by molar-refractivity contribution is 0.0692. The minimum absolute atomic E-state index is 0.000386. The first-order valence-corrected chi connectivity index (χ1v) is 4.75. The van der Waals surface area contributed by atoms with Gasteiger partial charge >= 0.3 is 5.97 Å². The zero-order valence-corrected chi connectivity index (χ0v) is 9.18. The lowest BCUT2D eigenvalue weighted by atomic mass is 10.2. The third-order valence-corrected chi connectivity index (χ3v) is 1.90. The smallest absolute Gasteiger partial charge is 0.339 e. The summed E-state index contributed by atoms with van der Waals surface area (Å²) in [6.07, 6.45) is 0. The Morgan fingerprint density at radius 1 is 1.53 bits per heavy atom. The van der Waals surface area contributed by atoms with Crippen molar-refractivity contribution in [2.24, 2.45) is 0 Å². The fourth-order valence-corrected chi connectivity index (χ4v) is 1.18. The zero-order chi connectivity index (χ0) is 11.4. The largest absolute Gasteiger partial charge is 0.487 e. The molecule has 0 atom stereocenters. The van der Waals surface area contributed by atoms with E-state index >= 15 is 0 Å². The van der Waals surface area contributed by atoms with Gasteiger partial charge < -0.3 is 9.84 Å². The Morgan fingerprint density at radius 3 is 2.73 bits per heavy atom. The Morgan fingerprint density at radius 2 is 2.20 bits per heavy atom. The van der Waals surface area contributed by atoms with Crippen LogP contribution in [0.1, 0.15) is 10.4 Å². The van der Waals surface area contributed by atoms with Crippen molar-refractivity contribution in [3.63, 3.8) is 0 Å². The van der Waals surface area contributed by atoms with E-state index in [2.05, 4.69) is 6.58 Å². The average molecular weight is 247 g/mol. The number of carbonyl (C=O) groups is 1. The molecule has 0 saturated carbocycles. The molecule has 15 heavy (non-hydrogen) atoms. The minimum atomic E-state index is -1.10. The van der Waals surface area contributed by atoms with Crippen LogP contribution in [0.2, 0.25) is 5.02 Å². The first-order chi connectivity index (χ1) is 7.00. The predicted molar refractivity (Wildman–Crippen MR) is 58.9 cm³/mol. The average Bonchev–Trinajstić information content (AvgIpc) is 2.15. The summed E-state index contributed by atoms with van der Waals surface area (Å²) in [5, 5.41) is 9.49. The molecule has 1 N–H and O–H groups in total. The van der Waals surface area contributed by atoms with Gasteiger partial charge in [-0.25, -0.2) is 4.79 Å². The molecule has 0 radical (unpaired) electrons. The fraction of sp³-hybridized carbons (Fsp3) is 0.100. The van der Waals surface area contributed by atoms with E-state index in [1.807, 2.05) is 0 Å². The second-order valence-corrected chi connectivity index (χ2v) is 3.72. The number of rotatable bonds is 4. The van der Waals surface area contributed by atoms with Crippen LogP contribution in [-0.4, -0.2) is 17.7 Å². The molecule has 3 nitrogen and oxygen atoms in total. The summed E-state index contributed by atoms with van der Waals surface area (Å²) >= 11 is 11.2. The molecule has 0 unspecified atom stereocenters. The molecule has 0 heterocycles. The second-order valence-electron chi connectivity index (χ2n) is 2.75. The maximum Gasteiger partial charge on any atom is 0.339 e. The van der Waals surface area contributed by atoms with Gasteiger partial charge in [0.15, 0.2) is 0 Å². The molecule has 0 aliphatic carbocycles. The lowest BCUT2D eigenvalue weighted by Gasteiger charge is -2.08. The van der Waals surface area contributed by atoms with Gasteiger partial charge in [-0.15, -0.1) is 0 Å². The maximum absolute atomic E-state index is 10.8. The molecule has 1 aromatic carbocycles. The van der Waals surface area contributed by atoms with Gasteiger partial charge in [0, 0.05) is 10.1 Å². The highest BCUT2D eigenvalue weighted by atomic mass is 35.5. The third kappa shape index (κ3) is 3.46. The van der Waals surface area contributed by atoms with Crippen LogP contribution >= 0.6 is 23.2 Å². The molecule has 0 fully saturated rings. The van der Waals surface area contributed by atoms with Crippen molar-refractivity contribution < 1.29 is 14.6 Å². The molecule has 5 heteroatoms. The summed E-state index contributed by atoms with van der Waals surface area (Å²) in [7, 11) is 0. The van der Waals surface area contributed by atoms with Crippen LogP contribution in [0.4, 0.5) is 0 Å². The first-order valence-electron chi connectivity index (χ1n) is 3.99. The van der Waals surface area contributed by atoms with Gasteiger partial charge in [-0.1, -0.05) is 29.8 Å². The molecular formula is C10H8Cl2O3. The number of halogens is 2. The normalized spacial score (nSPS) is 9.73. The van der Waals surface area contributed by atoms with Crippen molar-refractivity contribution in [1.29, 1.82) is 0 Å². The topological polar surface area (TPSA) is 46.5 Å². The summed E-state index contributed by atoms with van der Waals surface area (Å²) in [5.74, 6) is -0.888. The van der Waals surface area contributed by atoms with Crippen LogP contribution < -0.4 is 4.74 Å². The van der Waals surface area contributed by atoms with E-state index in [-0.39, 0.29) is 17.9 Å². The molecular weight excluding hydrogens is 239 g/mol.